The number of hydrogen-bond acceptors (Lipinski definition) is 5. The van der Waals surface area contributed by atoms with Crippen LogP contribution >= 0.6 is 0 Å². The first-order valence-electron chi connectivity index (χ1n) is 11.4. The van der Waals surface area contributed by atoms with Gasteiger partial charge in [-0.3, -0.25) is 14.6 Å². The molecule has 2 aromatic heterocycles. The molecule has 176 valence electrons. The van der Waals surface area contributed by atoms with Gasteiger partial charge in [0, 0.05) is 11.6 Å². The zero-order valence-corrected chi connectivity index (χ0v) is 19.7. The predicted molar refractivity (Wildman–Crippen MR) is 130 cm³/mol. The zero-order valence-electron chi connectivity index (χ0n) is 19.7. The third kappa shape index (κ3) is 6.12. The van der Waals surface area contributed by atoms with Crippen LogP contribution in [-0.4, -0.2) is 50.5 Å². The van der Waals surface area contributed by atoms with Crippen molar-refractivity contribution in [3.05, 3.63) is 42.6 Å². The van der Waals surface area contributed by atoms with E-state index in [0.717, 1.165) is 21.9 Å². The number of carbonyl (C=O) groups excluding carboxylic acids is 2. The van der Waals surface area contributed by atoms with Crippen LogP contribution in [0.2, 0.25) is 0 Å². The molecule has 4 N–H and O–H groups in total. The number of aromatic nitrogens is 2. The molecule has 1 aromatic carbocycles. The number of pyridine rings is 1. The number of rotatable bonds is 10. The van der Waals surface area contributed by atoms with E-state index in [0.29, 0.717) is 12.8 Å². The number of amides is 2. The summed E-state index contributed by atoms with van der Waals surface area (Å²) >= 11 is 0. The second-order valence-electron chi connectivity index (χ2n) is 9.38. The molecule has 9 heteroatoms. The fourth-order valence-corrected chi connectivity index (χ4v) is 4.16. The van der Waals surface area contributed by atoms with Gasteiger partial charge < -0.3 is 25.2 Å². The highest BCUT2D eigenvalue weighted by Gasteiger charge is 2.30. The van der Waals surface area contributed by atoms with Gasteiger partial charge in [0.15, 0.2) is 0 Å². The monoisotopic (exact) mass is 452 g/mol. The molecule has 0 spiro atoms. The van der Waals surface area contributed by atoms with Crippen molar-refractivity contribution >= 4 is 40.9 Å². The Hall–Kier alpha value is -2.91. The van der Waals surface area contributed by atoms with E-state index in [-0.39, 0.29) is 24.3 Å². The van der Waals surface area contributed by atoms with E-state index in [9.17, 15) is 19.6 Å². The van der Waals surface area contributed by atoms with Gasteiger partial charge in [-0.05, 0) is 42.9 Å². The summed E-state index contributed by atoms with van der Waals surface area (Å²) < 4.78 is 1.90. The Bertz CT molecular complexity index is 1060. The highest BCUT2D eigenvalue weighted by Crippen LogP contribution is 2.26. The first-order valence-corrected chi connectivity index (χ1v) is 11.4. The number of nitrogens with zero attached hydrogens (tertiary/aromatic N) is 2. The van der Waals surface area contributed by atoms with E-state index < -0.39 is 25.0 Å². The molecule has 3 rings (SSSR count). The lowest BCUT2D eigenvalue weighted by Crippen LogP contribution is -2.55. The SMILES string of the molecule is CC(C)C[C@H](NC(=O)[C@H](CC(C)C)NC(=O)Cn1c2ccccc2c2ncccc21)B(O)O. The van der Waals surface area contributed by atoms with Gasteiger partial charge in [-0.25, -0.2) is 0 Å². The second-order valence-corrected chi connectivity index (χ2v) is 9.38. The molecule has 0 saturated heterocycles. The van der Waals surface area contributed by atoms with Gasteiger partial charge in [-0.15, -0.1) is 0 Å². The van der Waals surface area contributed by atoms with Crippen molar-refractivity contribution in [1.82, 2.24) is 20.2 Å². The van der Waals surface area contributed by atoms with E-state index in [4.69, 9.17) is 0 Å². The van der Waals surface area contributed by atoms with Gasteiger partial charge in [-0.1, -0.05) is 45.9 Å². The number of carbonyl (C=O) groups is 2. The minimum Gasteiger partial charge on any atom is -0.426 e. The summed E-state index contributed by atoms with van der Waals surface area (Å²) in [5.74, 6) is -1.19. The van der Waals surface area contributed by atoms with Crippen molar-refractivity contribution in [2.75, 3.05) is 0 Å². The lowest BCUT2D eigenvalue weighted by Gasteiger charge is -2.25. The Labute approximate surface area is 194 Å². The Morgan fingerprint density at radius 3 is 2.30 bits per heavy atom. The van der Waals surface area contributed by atoms with Gasteiger partial charge in [-0.2, -0.15) is 0 Å². The zero-order chi connectivity index (χ0) is 24.1. The van der Waals surface area contributed by atoms with Crippen molar-refractivity contribution < 1.29 is 19.6 Å². The van der Waals surface area contributed by atoms with Crippen LogP contribution in [0.5, 0.6) is 0 Å². The normalized spacial score (nSPS) is 13.5. The number of fused-ring (bicyclic) bond motifs is 3. The molecule has 8 nitrogen and oxygen atoms in total. The number of nitrogens with one attached hydrogen (secondary N) is 2. The van der Waals surface area contributed by atoms with Crippen molar-refractivity contribution in [2.24, 2.45) is 11.8 Å². The van der Waals surface area contributed by atoms with Crippen LogP contribution in [0.4, 0.5) is 0 Å². The maximum atomic E-state index is 13.1. The lowest BCUT2D eigenvalue weighted by molar-refractivity contribution is -0.129. The molecule has 0 saturated carbocycles. The molecule has 2 atom stereocenters. The lowest BCUT2D eigenvalue weighted by atomic mass is 9.75. The Kier molecular flexibility index (Phi) is 8.10. The molecule has 2 amide bonds. The molecule has 0 aliphatic heterocycles. The highest BCUT2D eigenvalue weighted by atomic mass is 16.4. The average Bonchev–Trinajstić information content (AvgIpc) is 3.06. The molecule has 0 radical (unpaired) electrons. The van der Waals surface area contributed by atoms with Crippen LogP contribution in [-0.2, 0) is 16.1 Å². The molecule has 3 aromatic rings. The third-order valence-corrected chi connectivity index (χ3v) is 5.60. The predicted octanol–water partition coefficient (Wildman–Crippen LogP) is 2.26. The summed E-state index contributed by atoms with van der Waals surface area (Å²) in [6, 6.07) is 10.8. The molecule has 33 heavy (non-hydrogen) atoms. The van der Waals surface area contributed by atoms with E-state index in [2.05, 4.69) is 15.6 Å². The fraction of sp³-hybridized carbons (Fsp3) is 0.458. The first-order chi connectivity index (χ1) is 15.7. The van der Waals surface area contributed by atoms with Crippen LogP contribution in [0.15, 0.2) is 42.6 Å². The highest BCUT2D eigenvalue weighted by molar-refractivity contribution is 6.43. The standard InChI is InChI=1S/C24H33BN4O4/c1-15(2)12-18(24(31)28-21(25(32)33)13-16(3)4)27-22(30)14-29-19-9-6-5-8-17(19)23-20(29)10-7-11-26-23/h5-11,15-16,18,21,32-33H,12-14H2,1-4H3,(H,27,30)(H,28,31)/t18-,21-/m0/s1. The quantitative estimate of drug-likeness (QED) is 0.352. The molecule has 0 aliphatic carbocycles. The molecule has 0 fully saturated rings. The van der Waals surface area contributed by atoms with Crippen LogP contribution in [0.3, 0.4) is 0 Å². The van der Waals surface area contributed by atoms with Crippen molar-refractivity contribution in [3.63, 3.8) is 0 Å². The summed E-state index contributed by atoms with van der Waals surface area (Å²) in [6.07, 6.45) is 2.58. The van der Waals surface area contributed by atoms with Gasteiger partial charge in [0.25, 0.3) is 0 Å². The average molecular weight is 452 g/mol. The van der Waals surface area contributed by atoms with Gasteiger partial charge in [0.05, 0.1) is 22.5 Å². The van der Waals surface area contributed by atoms with Crippen molar-refractivity contribution in [2.45, 2.75) is 59.1 Å². The maximum Gasteiger partial charge on any atom is 0.475 e. The summed E-state index contributed by atoms with van der Waals surface area (Å²) in [4.78, 5) is 30.5. The summed E-state index contributed by atoms with van der Waals surface area (Å²) in [5, 5.41) is 25.9. The Morgan fingerprint density at radius 2 is 1.64 bits per heavy atom. The number of benzene rings is 1. The Balaban J connectivity index is 1.80. The smallest absolute Gasteiger partial charge is 0.426 e. The second kappa shape index (κ2) is 10.8. The van der Waals surface area contributed by atoms with E-state index in [1.807, 2.05) is 68.7 Å². The Morgan fingerprint density at radius 1 is 0.970 bits per heavy atom. The molecular formula is C24H33BN4O4. The molecule has 2 heterocycles. The van der Waals surface area contributed by atoms with Gasteiger partial charge in [0.1, 0.15) is 12.6 Å². The van der Waals surface area contributed by atoms with Crippen molar-refractivity contribution in [3.8, 4) is 0 Å². The van der Waals surface area contributed by atoms with E-state index in [1.54, 1.807) is 6.20 Å². The minimum absolute atomic E-state index is 0.0373. The third-order valence-electron chi connectivity index (χ3n) is 5.60. The van der Waals surface area contributed by atoms with Crippen molar-refractivity contribution in [1.29, 1.82) is 0 Å². The van der Waals surface area contributed by atoms with Crippen LogP contribution in [0, 0.1) is 11.8 Å². The first kappa shape index (κ1) is 24.7. The van der Waals surface area contributed by atoms with E-state index >= 15 is 0 Å². The molecule has 0 bridgehead atoms. The maximum absolute atomic E-state index is 13.1. The summed E-state index contributed by atoms with van der Waals surface area (Å²) in [7, 11) is -1.67. The molecular weight excluding hydrogens is 419 g/mol. The summed E-state index contributed by atoms with van der Waals surface area (Å²) in [5.41, 5.74) is 2.57. The van der Waals surface area contributed by atoms with E-state index in [1.165, 1.54) is 0 Å². The molecule has 0 aliphatic rings. The van der Waals surface area contributed by atoms with Crippen LogP contribution in [0.1, 0.15) is 40.5 Å². The fourth-order valence-electron chi connectivity index (χ4n) is 4.16. The molecule has 0 unspecified atom stereocenters. The van der Waals surface area contributed by atoms with Crippen LogP contribution < -0.4 is 10.6 Å². The largest absolute Gasteiger partial charge is 0.475 e. The van der Waals surface area contributed by atoms with Gasteiger partial charge >= 0.3 is 7.12 Å². The number of para-hydroxylation sites is 1. The summed E-state index contributed by atoms with van der Waals surface area (Å²) in [6.45, 7) is 7.86. The van der Waals surface area contributed by atoms with Crippen LogP contribution in [0.25, 0.3) is 21.9 Å². The number of hydrogen-bond donors (Lipinski definition) is 4. The van der Waals surface area contributed by atoms with Gasteiger partial charge in [0.2, 0.25) is 11.8 Å². The minimum atomic E-state index is -1.67. The topological polar surface area (TPSA) is 116 Å².